The zero-order chi connectivity index (χ0) is 18.2. The van der Waals surface area contributed by atoms with E-state index in [1.165, 1.54) is 6.07 Å². The maximum absolute atomic E-state index is 14.1. The van der Waals surface area contributed by atoms with Crippen molar-refractivity contribution in [3.63, 3.8) is 0 Å². The average molecular weight is 460 g/mol. The Bertz CT molecular complexity index is 818. The average Bonchev–Trinajstić information content (AvgIpc) is 2.76. The third-order valence-corrected chi connectivity index (χ3v) is 5.65. The van der Waals surface area contributed by atoms with Crippen LogP contribution in [0.1, 0.15) is 56.8 Å². The molecule has 0 aliphatic carbocycles. The topological polar surface area (TPSA) is 54.4 Å². The summed E-state index contributed by atoms with van der Waals surface area (Å²) >= 11 is 3.18. The molecule has 0 saturated heterocycles. The fourth-order valence-electron chi connectivity index (χ4n) is 2.37. The van der Waals surface area contributed by atoms with Gasteiger partial charge in [-0.05, 0) is 52.8 Å². The molecule has 24 heavy (non-hydrogen) atoms. The Morgan fingerprint density at radius 3 is 2.42 bits per heavy atom. The molecule has 1 aromatic heterocycles. The number of thiophene rings is 1. The number of carbonyl (C=O) groups is 2. The van der Waals surface area contributed by atoms with Crippen LogP contribution in [0.5, 0.6) is 0 Å². The Morgan fingerprint density at radius 2 is 1.92 bits per heavy atom. The predicted octanol–water partition coefficient (Wildman–Crippen LogP) is 5.32. The highest BCUT2D eigenvalue weighted by atomic mass is 127. The lowest BCUT2D eigenvalue weighted by molar-refractivity contribution is 0.0695. The lowest BCUT2D eigenvalue weighted by Crippen LogP contribution is -2.20. The highest BCUT2D eigenvalue weighted by molar-refractivity contribution is 14.1. The summed E-state index contributed by atoms with van der Waals surface area (Å²) in [6.07, 6.45) is 0.160. The summed E-state index contributed by atoms with van der Waals surface area (Å²) in [6.45, 7) is 7.04. The van der Waals surface area contributed by atoms with Crippen molar-refractivity contribution in [1.82, 2.24) is 0 Å². The van der Waals surface area contributed by atoms with E-state index in [-0.39, 0.29) is 23.6 Å². The number of aromatic carboxylic acids is 1. The molecule has 1 aromatic carbocycles. The lowest BCUT2D eigenvalue weighted by Gasteiger charge is -2.15. The van der Waals surface area contributed by atoms with Crippen LogP contribution in [0, 0.1) is 21.7 Å². The van der Waals surface area contributed by atoms with E-state index in [1.54, 1.807) is 39.8 Å². The molecule has 2 aromatic rings. The number of carboxylic acid groups (broad SMARTS) is 1. The molecule has 0 bridgehead atoms. The van der Waals surface area contributed by atoms with E-state index in [0.29, 0.717) is 20.9 Å². The monoisotopic (exact) mass is 460 g/mol. The molecule has 0 aliphatic heterocycles. The highest BCUT2D eigenvalue weighted by Gasteiger charge is 2.30. The molecule has 1 heterocycles. The zero-order valence-corrected chi connectivity index (χ0v) is 16.8. The maximum atomic E-state index is 14.1. The van der Waals surface area contributed by atoms with Crippen LogP contribution in [-0.4, -0.2) is 16.9 Å². The number of ketones is 1. The summed E-state index contributed by atoms with van der Waals surface area (Å²) in [4.78, 5) is 25.2. The van der Waals surface area contributed by atoms with Gasteiger partial charge >= 0.3 is 5.97 Å². The smallest absolute Gasteiger partial charge is 0.337 e. The molecule has 0 amide bonds. The number of halogens is 2. The van der Waals surface area contributed by atoms with Crippen molar-refractivity contribution in [3.05, 3.63) is 54.0 Å². The first-order valence-electron chi connectivity index (χ1n) is 7.36. The van der Waals surface area contributed by atoms with Crippen LogP contribution in [0.15, 0.2) is 18.2 Å². The Morgan fingerprint density at radius 1 is 1.29 bits per heavy atom. The molecule has 0 radical (unpaired) electrons. The summed E-state index contributed by atoms with van der Waals surface area (Å²) in [5.74, 6) is -1.55. The van der Waals surface area contributed by atoms with Gasteiger partial charge in [-0.1, -0.05) is 26.8 Å². The van der Waals surface area contributed by atoms with Gasteiger partial charge in [-0.25, -0.2) is 9.18 Å². The molecule has 0 fully saturated rings. The summed E-state index contributed by atoms with van der Waals surface area (Å²) in [5.41, 5.74) is 0.407. The number of rotatable bonds is 4. The second kappa shape index (κ2) is 6.92. The Balaban J connectivity index is 2.53. The van der Waals surface area contributed by atoms with Gasteiger partial charge in [0.2, 0.25) is 0 Å². The summed E-state index contributed by atoms with van der Waals surface area (Å²) in [5, 5.41) is 9.54. The molecule has 128 valence electrons. The van der Waals surface area contributed by atoms with Gasteiger partial charge < -0.3 is 5.11 Å². The van der Waals surface area contributed by atoms with Gasteiger partial charge in [-0.3, -0.25) is 4.79 Å². The van der Waals surface area contributed by atoms with Crippen LogP contribution in [0.25, 0.3) is 0 Å². The molecule has 2 rings (SSSR count). The van der Waals surface area contributed by atoms with Crippen LogP contribution >= 0.6 is 33.9 Å². The van der Waals surface area contributed by atoms with Gasteiger partial charge in [0, 0.05) is 20.3 Å². The van der Waals surface area contributed by atoms with E-state index in [1.807, 2.05) is 22.6 Å². The lowest BCUT2D eigenvalue weighted by atomic mass is 9.88. The van der Waals surface area contributed by atoms with E-state index < -0.39 is 11.4 Å². The number of hydrogen-bond donors (Lipinski definition) is 1. The van der Waals surface area contributed by atoms with Crippen molar-refractivity contribution in [1.29, 1.82) is 0 Å². The van der Waals surface area contributed by atoms with Gasteiger partial charge in [0.15, 0.2) is 5.78 Å². The van der Waals surface area contributed by atoms with Crippen molar-refractivity contribution in [2.45, 2.75) is 34.1 Å². The second-order valence-electron chi connectivity index (χ2n) is 6.65. The largest absolute Gasteiger partial charge is 0.478 e. The second-order valence-corrected chi connectivity index (χ2v) is 9.00. The highest BCUT2D eigenvalue weighted by Crippen LogP contribution is 2.35. The van der Waals surface area contributed by atoms with Crippen LogP contribution in [-0.2, 0) is 6.42 Å². The standard InChI is InChI=1S/C18H18FIO3S/c1-9-14(17(22)23)13(24-15(9)16(21)18(2,3)4)7-10-5-6-11(20)8-12(10)19/h5-6,8H,7H2,1-4H3,(H,22,23). The van der Waals surface area contributed by atoms with Crippen LogP contribution in [0.4, 0.5) is 4.39 Å². The van der Waals surface area contributed by atoms with Crippen molar-refractivity contribution in [2.75, 3.05) is 0 Å². The van der Waals surface area contributed by atoms with Gasteiger partial charge in [0.05, 0.1) is 10.4 Å². The number of benzene rings is 1. The van der Waals surface area contributed by atoms with Crippen LogP contribution in [0.3, 0.4) is 0 Å². The molecule has 0 spiro atoms. The minimum absolute atomic E-state index is 0.0955. The fraction of sp³-hybridized carbons (Fsp3) is 0.333. The van der Waals surface area contributed by atoms with E-state index in [4.69, 9.17) is 0 Å². The summed E-state index contributed by atoms with van der Waals surface area (Å²) < 4.78 is 14.9. The van der Waals surface area contributed by atoms with Crippen molar-refractivity contribution in [3.8, 4) is 0 Å². The van der Waals surface area contributed by atoms with Crippen LogP contribution < -0.4 is 0 Å². The molecular weight excluding hydrogens is 442 g/mol. The van der Waals surface area contributed by atoms with Gasteiger partial charge in [-0.15, -0.1) is 11.3 Å². The van der Waals surface area contributed by atoms with Gasteiger partial charge in [-0.2, -0.15) is 0 Å². The fourth-order valence-corrected chi connectivity index (χ4v) is 4.30. The number of Topliss-reactive ketones (excluding diaryl/α,β-unsaturated/α-hetero) is 1. The Kier molecular flexibility index (Phi) is 5.49. The van der Waals surface area contributed by atoms with E-state index in [9.17, 15) is 19.1 Å². The van der Waals surface area contributed by atoms with Gasteiger partial charge in [0.25, 0.3) is 0 Å². The van der Waals surface area contributed by atoms with Gasteiger partial charge in [0.1, 0.15) is 5.82 Å². The van der Waals surface area contributed by atoms with Crippen molar-refractivity contribution in [2.24, 2.45) is 5.41 Å². The molecule has 0 saturated carbocycles. The first-order valence-corrected chi connectivity index (χ1v) is 9.26. The third kappa shape index (κ3) is 3.85. The SMILES string of the molecule is Cc1c(C(=O)C(C)(C)C)sc(Cc2ccc(I)cc2F)c1C(=O)O. The first-order chi connectivity index (χ1) is 11.0. The molecule has 0 atom stereocenters. The minimum atomic E-state index is -1.09. The number of hydrogen-bond acceptors (Lipinski definition) is 3. The van der Waals surface area contributed by atoms with Crippen LogP contribution in [0.2, 0.25) is 0 Å². The molecule has 0 unspecified atom stereocenters. The van der Waals surface area contributed by atoms with Crippen molar-refractivity contribution < 1.29 is 19.1 Å². The molecule has 0 aliphatic rings. The maximum Gasteiger partial charge on any atom is 0.337 e. The van der Waals surface area contributed by atoms with E-state index in [0.717, 1.165) is 14.9 Å². The summed E-state index contributed by atoms with van der Waals surface area (Å²) in [6, 6.07) is 4.85. The predicted molar refractivity (Wildman–Crippen MR) is 102 cm³/mol. The number of carboxylic acids is 1. The minimum Gasteiger partial charge on any atom is -0.478 e. The Labute approximate surface area is 158 Å². The number of carbonyl (C=O) groups excluding carboxylic acids is 1. The Hall–Kier alpha value is -1.28. The molecule has 6 heteroatoms. The van der Waals surface area contributed by atoms with Crippen molar-refractivity contribution >= 4 is 45.7 Å². The molecule has 1 N–H and O–H groups in total. The first kappa shape index (κ1) is 19.1. The molecular formula is C18H18FIO3S. The third-order valence-electron chi connectivity index (χ3n) is 3.69. The quantitative estimate of drug-likeness (QED) is 0.497. The normalized spacial score (nSPS) is 11.6. The van der Waals surface area contributed by atoms with E-state index in [2.05, 4.69) is 0 Å². The molecule has 3 nitrogen and oxygen atoms in total. The van der Waals surface area contributed by atoms with E-state index >= 15 is 0 Å². The zero-order valence-electron chi connectivity index (χ0n) is 13.9. The summed E-state index contributed by atoms with van der Waals surface area (Å²) in [7, 11) is 0.